The second kappa shape index (κ2) is 6.84. The van der Waals surface area contributed by atoms with Crippen LogP contribution in [0.15, 0.2) is 30.5 Å². The molecule has 2 heterocycles. The van der Waals surface area contributed by atoms with Crippen molar-refractivity contribution in [2.24, 2.45) is 0 Å². The minimum Gasteiger partial charge on any atom is -0.453 e. The van der Waals surface area contributed by atoms with Gasteiger partial charge in [-0.1, -0.05) is 6.07 Å². The molecule has 1 aliphatic heterocycles. The van der Waals surface area contributed by atoms with Gasteiger partial charge in [0.25, 0.3) is 5.91 Å². The molecule has 1 N–H and O–H groups in total. The van der Waals surface area contributed by atoms with Gasteiger partial charge in [-0.15, -0.1) is 0 Å². The van der Waals surface area contributed by atoms with E-state index in [0.717, 1.165) is 5.56 Å². The summed E-state index contributed by atoms with van der Waals surface area (Å²) >= 11 is 0. The summed E-state index contributed by atoms with van der Waals surface area (Å²) < 4.78 is 18.5. The van der Waals surface area contributed by atoms with Gasteiger partial charge < -0.3 is 4.74 Å². The third-order valence-corrected chi connectivity index (χ3v) is 4.02. The number of amides is 2. The maximum atomic E-state index is 13.7. The van der Waals surface area contributed by atoms with Crippen molar-refractivity contribution in [2.45, 2.75) is 19.4 Å². The quantitative estimate of drug-likeness (QED) is 0.903. The molecule has 1 aromatic heterocycles. The van der Waals surface area contributed by atoms with E-state index < -0.39 is 23.9 Å². The molecule has 25 heavy (non-hydrogen) atoms. The first-order valence-corrected chi connectivity index (χ1v) is 7.73. The normalized spacial score (nSPS) is 16.1. The molecule has 0 radical (unpaired) electrons. The van der Waals surface area contributed by atoms with Crippen LogP contribution in [-0.2, 0) is 16.0 Å². The predicted octanol–water partition coefficient (Wildman–Crippen LogP) is 2.23. The van der Waals surface area contributed by atoms with E-state index in [2.05, 4.69) is 15.3 Å². The summed E-state index contributed by atoms with van der Waals surface area (Å²) in [7, 11) is 1.24. The topological polar surface area (TPSA) is 84.4 Å². The van der Waals surface area contributed by atoms with E-state index in [0.29, 0.717) is 17.7 Å². The molecule has 1 aromatic carbocycles. The van der Waals surface area contributed by atoms with Crippen LogP contribution >= 0.6 is 0 Å². The molecule has 0 bridgehead atoms. The van der Waals surface area contributed by atoms with E-state index >= 15 is 0 Å². The molecule has 0 spiro atoms. The number of ether oxygens (including phenoxy) is 1. The maximum absolute atomic E-state index is 13.7. The molecule has 130 valence electrons. The van der Waals surface area contributed by atoms with Gasteiger partial charge in [-0.25, -0.2) is 19.2 Å². The van der Waals surface area contributed by atoms with Crippen LogP contribution in [0.3, 0.4) is 0 Å². The first-order valence-electron chi connectivity index (χ1n) is 7.73. The molecule has 1 aliphatic rings. The van der Waals surface area contributed by atoms with E-state index in [4.69, 9.17) is 4.74 Å². The summed E-state index contributed by atoms with van der Waals surface area (Å²) in [5, 5.41) is 2.59. The van der Waals surface area contributed by atoms with Crippen molar-refractivity contribution in [1.29, 1.82) is 0 Å². The Morgan fingerprint density at radius 2 is 2.16 bits per heavy atom. The molecule has 0 fully saturated rings. The van der Waals surface area contributed by atoms with Crippen LogP contribution in [0.4, 0.5) is 15.1 Å². The first-order chi connectivity index (χ1) is 12.0. The minimum atomic E-state index is -1.02. The van der Waals surface area contributed by atoms with E-state index in [1.165, 1.54) is 30.3 Å². The molecular weight excluding hydrogens is 327 g/mol. The number of fused-ring (bicyclic) bond motifs is 1. The highest BCUT2D eigenvalue weighted by Gasteiger charge is 2.37. The summed E-state index contributed by atoms with van der Waals surface area (Å²) in [5.41, 5.74) is 1.93. The number of hydrogen-bond donors (Lipinski definition) is 1. The number of aromatic nitrogens is 2. The fraction of sp³-hybridized carbons (Fsp3) is 0.294. The Morgan fingerprint density at radius 3 is 2.88 bits per heavy atom. The van der Waals surface area contributed by atoms with Crippen molar-refractivity contribution >= 4 is 17.9 Å². The fourth-order valence-electron chi connectivity index (χ4n) is 2.87. The number of carbonyl (C=O) groups is 2. The van der Waals surface area contributed by atoms with Crippen LogP contribution in [0.2, 0.25) is 0 Å². The average Bonchev–Trinajstić information content (AvgIpc) is 2.59. The van der Waals surface area contributed by atoms with Crippen LogP contribution in [0.1, 0.15) is 22.9 Å². The van der Waals surface area contributed by atoms with Gasteiger partial charge in [0.05, 0.1) is 7.11 Å². The number of methoxy groups -OCH3 is 1. The van der Waals surface area contributed by atoms with Crippen molar-refractivity contribution in [3.63, 3.8) is 0 Å². The Balaban J connectivity index is 1.97. The molecule has 3 rings (SSSR count). The number of carbonyl (C=O) groups excluding carboxylic acids is 2. The zero-order valence-electron chi connectivity index (χ0n) is 13.8. The number of hydrogen-bond acceptors (Lipinski definition) is 5. The Labute approximate surface area is 143 Å². The van der Waals surface area contributed by atoms with Gasteiger partial charge in [-0.3, -0.25) is 15.0 Å². The van der Waals surface area contributed by atoms with Crippen molar-refractivity contribution in [1.82, 2.24) is 14.9 Å². The lowest BCUT2D eigenvalue weighted by atomic mass is 9.92. The largest absolute Gasteiger partial charge is 0.453 e. The summed E-state index contributed by atoms with van der Waals surface area (Å²) in [6, 6.07) is 4.91. The highest BCUT2D eigenvalue weighted by molar-refractivity contribution is 5.96. The first kappa shape index (κ1) is 16.8. The monoisotopic (exact) mass is 344 g/mol. The number of nitrogens with zero attached hydrogens (tertiary/aromatic N) is 3. The van der Waals surface area contributed by atoms with Crippen LogP contribution in [0.25, 0.3) is 0 Å². The molecule has 1 unspecified atom stereocenters. The van der Waals surface area contributed by atoms with Crippen molar-refractivity contribution in [3.8, 4) is 0 Å². The maximum Gasteiger partial charge on any atom is 0.410 e. The third-order valence-electron chi connectivity index (χ3n) is 4.02. The van der Waals surface area contributed by atoms with E-state index in [-0.39, 0.29) is 12.5 Å². The van der Waals surface area contributed by atoms with Gasteiger partial charge in [-0.05, 0) is 42.7 Å². The number of benzene rings is 1. The van der Waals surface area contributed by atoms with Crippen molar-refractivity contribution in [3.05, 3.63) is 53.1 Å². The molecule has 7 nitrogen and oxygen atoms in total. The lowest BCUT2D eigenvalue weighted by Crippen LogP contribution is -2.45. The standard InChI is InChI=1S/C17H17FN4O3/c1-10-5-7-19-16(20-10)21-15(23)14-13-9-12(18)4-3-11(13)6-8-22(14)17(24)25-2/h3-5,7,9,14H,6,8H2,1-2H3,(H,19,20,21,23). The lowest BCUT2D eigenvalue weighted by Gasteiger charge is -2.35. The second-order valence-corrected chi connectivity index (χ2v) is 5.67. The Morgan fingerprint density at radius 1 is 1.36 bits per heavy atom. The van der Waals surface area contributed by atoms with Gasteiger partial charge in [0, 0.05) is 18.4 Å². The molecule has 0 saturated heterocycles. The summed E-state index contributed by atoms with van der Waals surface area (Å²) in [5.74, 6) is -0.879. The van der Waals surface area contributed by atoms with E-state index in [9.17, 15) is 14.0 Å². The third kappa shape index (κ3) is 3.42. The van der Waals surface area contributed by atoms with Crippen LogP contribution in [-0.4, -0.2) is 40.5 Å². The number of rotatable bonds is 2. The zero-order valence-corrected chi connectivity index (χ0v) is 13.8. The van der Waals surface area contributed by atoms with Gasteiger partial charge in [-0.2, -0.15) is 0 Å². The van der Waals surface area contributed by atoms with Gasteiger partial charge in [0.15, 0.2) is 0 Å². The van der Waals surface area contributed by atoms with Gasteiger partial charge in [0.1, 0.15) is 11.9 Å². The summed E-state index contributed by atoms with van der Waals surface area (Å²) in [6.07, 6.45) is 1.38. The van der Waals surface area contributed by atoms with Crippen LogP contribution in [0, 0.1) is 12.7 Å². The molecule has 0 aliphatic carbocycles. The molecule has 2 aromatic rings. The molecular formula is C17H17FN4O3. The van der Waals surface area contributed by atoms with Crippen molar-refractivity contribution < 1.29 is 18.7 Å². The van der Waals surface area contributed by atoms with Crippen molar-refractivity contribution in [2.75, 3.05) is 19.0 Å². The Hall–Kier alpha value is -3.03. The van der Waals surface area contributed by atoms with Gasteiger partial charge >= 0.3 is 6.09 Å². The fourth-order valence-corrected chi connectivity index (χ4v) is 2.87. The second-order valence-electron chi connectivity index (χ2n) is 5.67. The van der Waals surface area contributed by atoms with Gasteiger partial charge in [0.2, 0.25) is 5.95 Å². The van der Waals surface area contributed by atoms with Crippen LogP contribution < -0.4 is 5.32 Å². The number of anilines is 1. The van der Waals surface area contributed by atoms with E-state index in [1.54, 1.807) is 19.1 Å². The Kier molecular flexibility index (Phi) is 4.60. The molecule has 0 saturated carbocycles. The summed E-state index contributed by atoms with van der Waals surface area (Å²) in [6.45, 7) is 2.06. The number of nitrogens with one attached hydrogen (secondary N) is 1. The molecule has 8 heteroatoms. The summed E-state index contributed by atoms with van der Waals surface area (Å²) in [4.78, 5) is 34.3. The minimum absolute atomic E-state index is 0.123. The lowest BCUT2D eigenvalue weighted by molar-refractivity contribution is -0.121. The SMILES string of the molecule is COC(=O)N1CCc2ccc(F)cc2C1C(=O)Nc1nccc(C)n1. The predicted molar refractivity (Wildman–Crippen MR) is 87.4 cm³/mol. The van der Waals surface area contributed by atoms with E-state index in [1.807, 2.05) is 0 Å². The molecule has 2 amide bonds. The number of halogens is 1. The number of aryl methyl sites for hydroxylation is 1. The average molecular weight is 344 g/mol. The zero-order chi connectivity index (χ0) is 18.0. The smallest absolute Gasteiger partial charge is 0.410 e. The highest BCUT2D eigenvalue weighted by atomic mass is 19.1. The van der Waals surface area contributed by atoms with Crippen LogP contribution in [0.5, 0.6) is 0 Å². The molecule has 1 atom stereocenters. The Bertz CT molecular complexity index is 827. The highest BCUT2D eigenvalue weighted by Crippen LogP contribution is 2.31.